The molecular formula is C15H19FN8O3. The number of amidine groups is 1. The van der Waals surface area contributed by atoms with Crippen LogP contribution in [0.1, 0.15) is 0 Å². The fraction of sp³-hybridized carbons (Fsp3) is 0.267. The highest BCUT2D eigenvalue weighted by molar-refractivity contribution is 5.93. The Bertz CT molecular complexity index is 846. The van der Waals surface area contributed by atoms with Gasteiger partial charge in [-0.05, 0) is 18.2 Å². The third-order valence-corrected chi connectivity index (χ3v) is 3.66. The number of hydrogen-bond acceptors (Lipinski definition) is 10. The molecular weight excluding hydrogens is 359 g/mol. The molecule has 0 bridgehead atoms. The summed E-state index contributed by atoms with van der Waals surface area (Å²) in [6.07, 6.45) is 0.791. The van der Waals surface area contributed by atoms with Gasteiger partial charge in [0.1, 0.15) is 17.5 Å². The normalized spacial score (nSPS) is 14.4. The van der Waals surface area contributed by atoms with E-state index in [1.807, 2.05) is 0 Å². The number of hydrazine groups is 1. The fourth-order valence-electron chi connectivity index (χ4n) is 2.21. The Kier molecular flexibility index (Phi) is 5.38. The van der Waals surface area contributed by atoms with Crippen molar-refractivity contribution in [1.29, 1.82) is 0 Å². The molecule has 27 heavy (non-hydrogen) atoms. The summed E-state index contributed by atoms with van der Waals surface area (Å²) in [4.78, 5) is 7.64. The van der Waals surface area contributed by atoms with Crippen molar-refractivity contribution < 1.29 is 18.6 Å². The van der Waals surface area contributed by atoms with Gasteiger partial charge in [-0.3, -0.25) is 0 Å². The number of nitrogens with zero attached hydrogens (tertiary/aromatic N) is 4. The second kappa shape index (κ2) is 7.88. The van der Waals surface area contributed by atoms with Gasteiger partial charge in [-0.1, -0.05) is 0 Å². The number of hydrazone groups is 1. The van der Waals surface area contributed by atoms with Gasteiger partial charge in [-0.25, -0.2) is 20.2 Å². The highest BCUT2D eigenvalue weighted by Crippen LogP contribution is 2.31. The summed E-state index contributed by atoms with van der Waals surface area (Å²) in [6.45, 7) is 0.851. The number of ether oxygens (including phenoxy) is 3. The average Bonchev–Trinajstić information content (AvgIpc) is 2.63. The van der Waals surface area contributed by atoms with Crippen molar-refractivity contribution in [3.8, 4) is 5.75 Å². The number of halogens is 1. The van der Waals surface area contributed by atoms with Gasteiger partial charge in [0.05, 0.1) is 26.5 Å². The van der Waals surface area contributed by atoms with Crippen LogP contribution in [0.15, 0.2) is 29.5 Å². The molecule has 0 unspecified atom stereocenters. The number of rotatable bonds is 5. The molecule has 0 saturated carbocycles. The molecule has 2 heterocycles. The lowest BCUT2D eigenvalue weighted by atomic mass is 10.2. The first-order valence-electron chi connectivity index (χ1n) is 7.82. The van der Waals surface area contributed by atoms with Crippen LogP contribution in [0, 0.1) is 5.82 Å². The summed E-state index contributed by atoms with van der Waals surface area (Å²) in [5, 5.41) is 7.62. The number of nitrogens with two attached hydrogens (primary N) is 3. The van der Waals surface area contributed by atoms with E-state index in [-0.39, 0.29) is 23.9 Å². The zero-order valence-corrected chi connectivity index (χ0v) is 14.4. The predicted molar refractivity (Wildman–Crippen MR) is 96.7 cm³/mol. The van der Waals surface area contributed by atoms with Crippen molar-refractivity contribution in [3.05, 3.63) is 30.2 Å². The summed E-state index contributed by atoms with van der Waals surface area (Å²) in [5.74, 6) is 11.1. The molecule has 2 aromatic rings. The Morgan fingerprint density at radius 1 is 1.44 bits per heavy atom. The number of anilines is 4. The maximum Gasteiger partial charge on any atom is 0.328 e. The first-order valence-corrected chi connectivity index (χ1v) is 7.82. The SMILES string of the molecule is COc1ccc(Nc2ncc(F)c(N)n2)cc1N(N)/C(=N\N)OC1COC1. The minimum absolute atomic E-state index is 0.0129. The lowest BCUT2D eigenvalue weighted by Gasteiger charge is -2.30. The van der Waals surface area contributed by atoms with E-state index in [1.165, 1.54) is 7.11 Å². The topological polar surface area (TPSA) is 159 Å². The summed E-state index contributed by atoms with van der Waals surface area (Å²) in [6, 6.07) is 4.97. The van der Waals surface area contributed by atoms with Gasteiger partial charge in [0.25, 0.3) is 0 Å². The monoisotopic (exact) mass is 378 g/mol. The maximum absolute atomic E-state index is 13.2. The van der Waals surface area contributed by atoms with Gasteiger partial charge in [0.15, 0.2) is 11.6 Å². The zero-order valence-electron chi connectivity index (χ0n) is 14.4. The molecule has 144 valence electrons. The van der Waals surface area contributed by atoms with E-state index in [9.17, 15) is 4.39 Å². The van der Waals surface area contributed by atoms with Crippen molar-refractivity contribution in [2.24, 2.45) is 16.8 Å². The number of nitrogen functional groups attached to an aromatic ring is 1. The predicted octanol–water partition coefficient (Wildman–Crippen LogP) is 0.275. The molecule has 1 aromatic carbocycles. The van der Waals surface area contributed by atoms with Gasteiger partial charge in [-0.15, -0.1) is 5.10 Å². The molecule has 11 nitrogen and oxygen atoms in total. The summed E-state index contributed by atoms with van der Waals surface area (Å²) in [7, 11) is 1.49. The van der Waals surface area contributed by atoms with Crippen LogP contribution >= 0.6 is 0 Å². The second-order valence-electron chi connectivity index (χ2n) is 5.50. The van der Waals surface area contributed by atoms with Crippen molar-refractivity contribution in [1.82, 2.24) is 9.97 Å². The first kappa shape index (κ1) is 18.4. The summed E-state index contributed by atoms with van der Waals surface area (Å²) >= 11 is 0. The first-order chi connectivity index (χ1) is 13.0. The van der Waals surface area contributed by atoms with Gasteiger partial charge < -0.3 is 31.1 Å². The van der Waals surface area contributed by atoms with Crippen molar-refractivity contribution in [2.75, 3.05) is 36.4 Å². The van der Waals surface area contributed by atoms with Crippen molar-refractivity contribution in [3.63, 3.8) is 0 Å². The Morgan fingerprint density at radius 3 is 2.81 bits per heavy atom. The van der Waals surface area contributed by atoms with Crippen LogP contribution in [0.25, 0.3) is 0 Å². The molecule has 1 aromatic heterocycles. The third-order valence-electron chi connectivity index (χ3n) is 3.66. The van der Waals surface area contributed by atoms with E-state index in [0.29, 0.717) is 30.3 Å². The molecule has 0 aliphatic carbocycles. The highest BCUT2D eigenvalue weighted by Gasteiger charge is 2.25. The molecule has 0 atom stereocenters. The quantitative estimate of drug-likeness (QED) is 0.246. The molecule has 7 N–H and O–H groups in total. The van der Waals surface area contributed by atoms with Crippen LogP contribution in [0.5, 0.6) is 5.75 Å². The Morgan fingerprint density at radius 2 is 2.22 bits per heavy atom. The van der Waals surface area contributed by atoms with E-state index in [0.717, 1.165) is 11.2 Å². The van der Waals surface area contributed by atoms with Crippen LogP contribution in [0.3, 0.4) is 0 Å². The molecule has 0 radical (unpaired) electrons. The molecule has 1 aliphatic rings. The van der Waals surface area contributed by atoms with Gasteiger partial charge in [0.2, 0.25) is 5.95 Å². The van der Waals surface area contributed by atoms with E-state index >= 15 is 0 Å². The molecule has 3 rings (SSSR count). The van der Waals surface area contributed by atoms with E-state index in [2.05, 4.69) is 20.4 Å². The molecule has 12 heteroatoms. The van der Waals surface area contributed by atoms with Crippen LogP contribution in [0.4, 0.5) is 27.5 Å². The number of aromatic nitrogens is 2. The van der Waals surface area contributed by atoms with E-state index < -0.39 is 5.82 Å². The highest BCUT2D eigenvalue weighted by atomic mass is 19.1. The van der Waals surface area contributed by atoms with Crippen molar-refractivity contribution in [2.45, 2.75) is 6.10 Å². The second-order valence-corrected chi connectivity index (χ2v) is 5.50. The number of benzene rings is 1. The summed E-state index contributed by atoms with van der Waals surface area (Å²) < 4.78 is 29.2. The fourth-order valence-corrected chi connectivity index (χ4v) is 2.21. The Hall–Kier alpha value is -3.38. The lowest BCUT2D eigenvalue weighted by Crippen LogP contribution is -2.46. The standard InChI is InChI=1S/C15H19FN8O3/c1-25-12-3-2-8(21-14-20-5-10(16)13(17)22-14)4-11(12)24(19)15(23-18)27-9-6-26-7-9/h2-5,9H,6-7,18-19H2,1H3,(H3,17,20,21,22)/b23-15+. The van der Waals surface area contributed by atoms with Crippen LogP contribution in [-0.2, 0) is 9.47 Å². The molecule has 1 fully saturated rings. The Balaban J connectivity index is 1.84. The van der Waals surface area contributed by atoms with Crippen molar-refractivity contribution >= 4 is 29.2 Å². The van der Waals surface area contributed by atoms with E-state index in [4.69, 9.17) is 31.6 Å². The molecule has 1 saturated heterocycles. The van der Waals surface area contributed by atoms with Crippen LogP contribution < -0.4 is 32.5 Å². The molecule has 0 amide bonds. The van der Waals surface area contributed by atoms with Gasteiger partial charge >= 0.3 is 6.02 Å². The minimum Gasteiger partial charge on any atom is -0.495 e. The number of hydrogen-bond donors (Lipinski definition) is 4. The average molecular weight is 378 g/mol. The van der Waals surface area contributed by atoms with E-state index in [1.54, 1.807) is 18.2 Å². The third kappa shape index (κ3) is 4.07. The Labute approximate surface area is 153 Å². The smallest absolute Gasteiger partial charge is 0.328 e. The summed E-state index contributed by atoms with van der Waals surface area (Å²) in [5.41, 5.74) is 6.39. The number of nitrogens with one attached hydrogen (secondary N) is 1. The maximum atomic E-state index is 13.2. The number of methoxy groups -OCH3 is 1. The molecule has 0 spiro atoms. The largest absolute Gasteiger partial charge is 0.495 e. The molecule has 1 aliphatic heterocycles. The van der Waals surface area contributed by atoms with Crippen LogP contribution in [-0.4, -0.2) is 42.4 Å². The lowest BCUT2D eigenvalue weighted by molar-refractivity contribution is -0.0869. The van der Waals surface area contributed by atoms with Gasteiger partial charge in [-0.2, -0.15) is 4.98 Å². The zero-order chi connectivity index (χ0) is 19.4. The van der Waals surface area contributed by atoms with Crippen LogP contribution in [0.2, 0.25) is 0 Å². The minimum atomic E-state index is -0.704. The van der Waals surface area contributed by atoms with Gasteiger partial charge in [0, 0.05) is 5.69 Å².